The third-order valence-electron chi connectivity index (χ3n) is 5.36. The second-order valence-corrected chi connectivity index (χ2v) is 7.69. The second-order valence-electron chi connectivity index (χ2n) is 7.69. The molecule has 1 atom stereocenters. The highest BCUT2D eigenvalue weighted by atomic mass is 16.5. The number of ether oxygens (including phenoxy) is 3. The van der Waals surface area contributed by atoms with E-state index < -0.39 is 0 Å². The van der Waals surface area contributed by atoms with Crippen molar-refractivity contribution in [3.63, 3.8) is 0 Å². The lowest BCUT2D eigenvalue weighted by molar-refractivity contribution is -0.0444. The highest BCUT2D eigenvalue weighted by Gasteiger charge is 2.25. The monoisotopic (exact) mass is 412 g/mol. The van der Waals surface area contributed by atoms with E-state index in [0.29, 0.717) is 31.9 Å². The smallest absolute Gasteiger partial charge is 0.254 e. The molecule has 0 N–H and O–H groups in total. The molecule has 30 heavy (non-hydrogen) atoms. The number of morpholine rings is 1. The fourth-order valence-corrected chi connectivity index (χ4v) is 3.63. The van der Waals surface area contributed by atoms with Crippen LogP contribution in [0.15, 0.2) is 48.5 Å². The predicted molar refractivity (Wildman–Crippen MR) is 117 cm³/mol. The molecule has 6 heteroatoms. The van der Waals surface area contributed by atoms with Crippen molar-refractivity contribution in [3.8, 4) is 5.75 Å². The van der Waals surface area contributed by atoms with E-state index in [1.165, 1.54) is 11.1 Å². The molecule has 1 aliphatic rings. The van der Waals surface area contributed by atoms with Crippen LogP contribution in [0.5, 0.6) is 5.75 Å². The van der Waals surface area contributed by atoms with Crippen molar-refractivity contribution < 1.29 is 19.0 Å². The van der Waals surface area contributed by atoms with Crippen molar-refractivity contribution in [1.29, 1.82) is 0 Å². The van der Waals surface area contributed by atoms with Crippen LogP contribution in [0.2, 0.25) is 0 Å². The third kappa shape index (κ3) is 6.29. The highest BCUT2D eigenvalue weighted by molar-refractivity contribution is 5.94. The molecule has 1 fully saturated rings. The highest BCUT2D eigenvalue weighted by Crippen LogP contribution is 2.16. The Morgan fingerprint density at radius 1 is 1.13 bits per heavy atom. The predicted octanol–water partition coefficient (Wildman–Crippen LogP) is 2.99. The van der Waals surface area contributed by atoms with Gasteiger partial charge in [0.1, 0.15) is 5.75 Å². The zero-order valence-corrected chi connectivity index (χ0v) is 18.2. The first-order valence-corrected chi connectivity index (χ1v) is 10.4. The fraction of sp³-hybridized carbons (Fsp3) is 0.458. The molecule has 0 aromatic heterocycles. The Hall–Kier alpha value is -2.41. The number of carbonyl (C=O) groups is 1. The van der Waals surface area contributed by atoms with Crippen LogP contribution < -0.4 is 4.74 Å². The summed E-state index contributed by atoms with van der Waals surface area (Å²) in [6.07, 6.45) is -0.0248. The quantitative estimate of drug-likeness (QED) is 0.634. The van der Waals surface area contributed by atoms with Crippen LogP contribution in [0.25, 0.3) is 0 Å². The van der Waals surface area contributed by atoms with Crippen molar-refractivity contribution in [3.05, 3.63) is 65.2 Å². The maximum atomic E-state index is 13.1. The van der Waals surface area contributed by atoms with Gasteiger partial charge in [-0.25, -0.2) is 0 Å². The number of hydrogen-bond acceptors (Lipinski definition) is 5. The first-order valence-electron chi connectivity index (χ1n) is 10.4. The minimum absolute atomic E-state index is 0.0195. The average molecular weight is 413 g/mol. The molecule has 1 amide bonds. The normalized spacial score (nSPS) is 17.0. The fourth-order valence-electron chi connectivity index (χ4n) is 3.63. The van der Waals surface area contributed by atoms with Crippen molar-refractivity contribution in [2.75, 3.05) is 53.6 Å². The molecule has 0 saturated carbocycles. The van der Waals surface area contributed by atoms with Gasteiger partial charge >= 0.3 is 0 Å². The minimum atomic E-state index is -0.0248. The number of benzene rings is 2. The van der Waals surface area contributed by atoms with Crippen molar-refractivity contribution in [1.82, 2.24) is 9.80 Å². The zero-order chi connectivity index (χ0) is 21.3. The number of nitrogens with zero attached hydrogens (tertiary/aromatic N) is 2. The summed E-state index contributed by atoms with van der Waals surface area (Å²) in [5.41, 5.74) is 3.20. The van der Waals surface area contributed by atoms with E-state index in [0.717, 1.165) is 25.4 Å². The molecule has 1 heterocycles. The molecule has 0 spiro atoms. The first-order chi connectivity index (χ1) is 14.6. The number of methoxy groups -OCH3 is 2. The molecule has 1 aliphatic heterocycles. The maximum absolute atomic E-state index is 13.1. The number of hydrogen-bond donors (Lipinski definition) is 0. The van der Waals surface area contributed by atoms with E-state index in [2.05, 4.69) is 36.1 Å². The average Bonchev–Trinajstić information content (AvgIpc) is 2.78. The van der Waals surface area contributed by atoms with Crippen molar-refractivity contribution in [2.24, 2.45) is 0 Å². The SMILES string of the molecule is COCCN(CC1CN(Cc2ccc(C)cc2)CCO1)C(=O)c1ccc(OC)cc1. The summed E-state index contributed by atoms with van der Waals surface area (Å²) in [5.74, 6) is 0.714. The standard InChI is InChI=1S/C24H32N2O4/c1-19-4-6-20(7-5-19)16-25-12-15-30-23(17-25)18-26(13-14-28-2)24(27)21-8-10-22(29-3)11-9-21/h4-11,23H,12-18H2,1-3H3. The molecular weight excluding hydrogens is 380 g/mol. The molecule has 162 valence electrons. The van der Waals surface area contributed by atoms with Crippen molar-refractivity contribution in [2.45, 2.75) is 19.6 Å². The van der Waals surface area contributed by atoms with Gasteiger partial charge in [-0.1, -0.05) is 29.8 Å². The molecule has 6 nitrogen and oxygen atoms in total. The van der Waals surface area contributed by atoms with Crippen LogP contribution in [-0.4, -0.2) is 75.4 Å². The molecule has 0 bridgehead atoms. The molecule has 0 aliphatic carbocycles. The summed E-state index contributed by atoms with van der Waals surface area (Å²) in [4.78, 5) is 17.3. The first kappa shape index (κ1) is 22.3. The summed E-state index contributed by atoms with van der Waals surface area (Å²) in [6, 6.07) is 15.9. The molecular formula is C24H32N2O4. The van der Waals surface area contributed by atoms with E-state index in [9.17, 15) is 4.79 Å². The Morgan fingerprint density at radius 3 is 2.53 bits per heavy atom. The summed E-state index contributed by atoms with van der Waals surface area (Å²) >= 11 is 0. The van der Waals surface area contributed by atoms with E-state index in [4.69, 9.17) is 14.2 Å². The number of rotatable bonds is 9. The van der Waals surface area contributed by atoms with Crippen LogP contribution in [0, 0.1) is 6.92 Å². The van der Waals surface area contributed by atoms with Crippen molar-refractivity contribution >= 4 is 5.91 Å². The number of carbonyl (C=O) groups excluding carboxylic acids is 1. The summed E-state index contributed by atoms with van der Waals surface area (Å²) in [7, 11) is 3.26. The Kier molecular flexibility index (Phi) is 8.25. The summed E-state index contributed by atoms with van der Waals surface area (Å²) in [5, 5.41) is 0. The van der Waals surface area contributed by atoms with Gasteiger partial charge in [0.15, 0.2) is 0 Å². The van der Waals surface area contributed by atoms with Gasteiger partial charge in [-0.15, -0.1) is 0 Å². The van der Waals surface area contributed by atoms with Gasteiger partial charge in [-0.05, 0) is 36.8 Å². The zero-order valence-electron chi connectivity index (χ0n) is 18.2. The van der Waals surface area contributed by atoms with E-state index >= 15 is 0 Å². The molecule has 3 rings (SSSR count). The molecule has 0 radical (unpaired) electrons. The van der Waals surface area contributed by atoms with Gasteiger partial charge in [-0.2, -0.15) is 0 Å². The Labute approximate surface area is 179 Å². The van der Waals surface area contributed by atoms with Gasteiger partial charge in [0, 0.05) is 45.4 Å². The number of aryl methyl sites for hydroxylation is 1. The summed E-state index contributed by atoms with van der Waals surface area (Å²) in [6.45, 7) is 6.92. The summed E-state index contributed by atoms with van der Waals surface area (Å²) < 4.78 is 16.4. The van der Waals surface area contributed by atoms with Gasteiger partial charge < -0.3 is 19.1 Å². The maximum Gasteiger partial charge on any atom is 0.254 e. The van der Waals surface area contributed by atoms with Gasteiger partial charge in [0.2, 0.25) is 0 Å². The van der Waals surface area contributed by atoms with Gasteiger partial charge in [0.05, 0.1) is 26.4 Å². The van der Waals surface area contributed by atoms with Crippen LogP contribution >= 0.6 is 0 Å². The second kappa shape index (κ2) is 11.1. The Bertz CT molecular complexity index is 792. The lowest BCUT2D eigenvalue weighted by atomic mass is 10.1. The van der Waals surface area contributed by atoms with Crippen LogP contribution in [0.3, 0.4) is 0 Å². The van der Waals surface area contributed by atoms with Gasteiger partial charge in [0.25, 0.3) is 5.91 Å². The Balaban J connectivity index is 1.62. The largest absolute Gasteiger partial charge is 0.497 e. The topological polar surface area (TPSA) is 51.2 Å². The van der Waals surface area contributed by atoms with E-state index in [-0.39, 0.29) is 12.0 Å². The molecule has 1 saturated heterocycles. The van der Waals surface area contributed by atoms with Crippen LogP contribution in [0.1, 0.15) is 21.5 Å². The lowest BCUT2D eigenvalue weighted by Gasteiger charge is -2.36. The van der Waals surface area contributed by atoms with Gasteiger partial charge in [-0.3, -0.25) is 9.69 Å². The molecule has 1 unspecified atom stereocenters. The Morgan fingerprint density at radius 2 is 1.87 bits per heavy atom. The van der Waals surface area contributed by atoms with Crippen LogP contribution in [-0.2, 0) is 16.0 Å². The molecule has 2 aromatic rings. The lowest BCUT2D eigenvalue weighted by Crippen LogP contribution is -2.49. The minimum Gasteiger partial charge on any atom is -0.497 e. The van der Waals surface area contributed by atoms with E-state index in [1.54, 1.807) is 26.4 Å². The van der Waals surface area contributed by atoms with E-state index in [1.807, 2.05) is 17.0 Å². The number of amides is 1. The van der Waals surface area contributed by atoms with Crippen LogP contribution in [0.4, 0.5) is 0 Å². The third-order valence-corrected chi connectivity index (χ3v) is 5.36. The molecule has 2 aromatic carbocycles.